The van der Waals surface area contributed by atoms with E-state index in [1.165, 1.54) is 0 Å². The molecule has 0 aliphatic heterocycles. The molecule has 1 aromatic heterocycles. The van der Waals surface area contributed by atoms with Crippen molar-refractivity contribution >= 4 is 5.96 Å². The fraction of sp³-hybridized carbons (Fsp3) is 0.400. The summed E-state index contributed by atoms with van der Waals surface area (Å²) >= 11 is 0. The van der Waals surface area contributed by atoms with E-state index in [2.05, 4.69) is 20.7 Å². The molecule has 1 rings (SSSR count). The van der Waals surface area contributed by atoms with Crippen molar-refractivity contribution in [2.75, 3.05) is 6.54 Å². The lowest BCUT2D eigenvalue weighted by Gasteiger charge is -2.16. The molecule has 15 heavy (non-hydrogen) atoms. The van der Waals surface area contributed by atoms with Crippen molar-refractivity contribution in [3.05, 3.63) is 30.1 Å². The van der Waals surface area contributed by atoms with E-state index < -0.39 is 0 Å². The molecule has 0 fully saturated rings. The van der Waals surface area contributed by atoms with Gasteiger partial charge in [0.1, 0.15) is 0 Å². The SMILES string of the molecule is CCN=C(NN)NC(C)c1cccnc1. The number of aliphatic imine (C=N–C) groups is 1. The highest BCUT2D eigenvalue weighted by atomic mass is 15.3. The molecule has 5 nitrogen and oxygen atoms in total. The molecule has 1 unspecified atom stereocenters. The van der Waals surface area contributed by atoms with Crippen LogP contribution in [0.3, 0.4) is 0 Å². The van der Waals surface area contributed by atoms with Gasteiger partial charge >= 0.3 is 0 Å². The summed E-state index contributed by atoms with van der Waals surface area (Å²) in [7, 11) is 0. The van der Waals surface area contributed by atoms with Gasteiger partial charge in [-0.3, -0.25) is 15.4 Å². The van der Waals surface area contributed by atoms with E-state index in [1.54, 1.807) is 6.20 Å². The average Bonchev–Trinajstić information content (AvgIpc) is 2.29. The van der Waals surface area contributed by atoms with Gasteiger partial charge in [-0.25, -0.2) is 5.84 Å². The van der Waals surface area contributed by atoms with Crippen LogP contribution in [0.5, 0.6) is 0 Å². The molecule has 0 spiro atoms. The molecule has 4 N–H and O–H groups in total. The van der Waals surface area contributed by atoms with Crippen molar-refractivity contribution in [2.45, 2.75) is 19.9 Å². The predicted molar refractivity (Wildman–Crippen MR) is 61.1 cm³/mol. The third kappa shape index (κ3) is 3.55. The largest absolute Gasteiger partial charge is 0.349 e. The first-order valence-electron chi connectivity index (χ1n) is 4.95. The Morgan fingerprint density at radius 1 is 1.67 bits per heavy atom. The number of nitrogens with two attached hydrogens (primary N) is 1. The summed E-state index contributed by atoms with van der Waals surface area (Å²) in [5.74, 6) is 5.92. The molecule has 0 radical (unpaired) electrons. The van der Waals surface area contributed by atoms with Gasteiger partial charge in [0, 0.05) is 18.9 Å². The van der Waals surface area contributed by atoms with Crippen LogP contribution >= 0.6 is 0 Å². The number of nitrogens with one attached hydrogen (secondary N) is 2. The van der Waals surface area contributed by atoms with E-state index in [4.69, 9.17) is 5.84 Å². The molecule has 1 aromatic rings. The van der Waals surface area contributed by atoms with E-state index >= 15 is 0 Å². The lowest BCUT2D eigenvalue weighted by atomic mass is 10.1. The maximum absolute atomic E-state index is 5.33. The minimum Gasteiger partial charge on any atom is -0.349 e. The maximum atomic E-state index is 5.33. The first kappa shape index (κ1) is 11.5. The molecule has 0 aliphatic carbocycles. The van der Waals surface area contributed by atoms with Gasteiger partial charge in [-0.05, 0) is 25.5 Å². The second-order valence-corrected chi connectivity index (χ2v) is 3.12. The molecular formula is C10H17N5. The zero-order valence-electron chi connectivity index (χ0n) is 9.07. The zero-order chi connectivity index (χ0) is 11.1. The second kappa shape index (κ2) is 5.98. The van der Waals surface area contributed by atoms with Crippen LogP contribution in [0.4, 0.5) is 0 Å². The molecule has 0 amide bonds. The minimum absolute atomic E-state index is 0.125. The third-order valence-corrected chi connectivity index (χ3v) is 1.99. The molecule has 0 saturated carbocycles. The average molecular weight is 207 g/mol. The van der Waals surface area contributed by atoms with Crippen LogP contribution in [-0.4, -0.2) is 17.5 Å². The van der Waals surface area contributed by atoms with Crippen molar-refractivity contribution in [2.24, 2.45) is 10.8 Å². The van der Waals surface area contributed by atoms with E-state index in [1.807, 2.05) is 32.2 Å². The van der Waals surface area contributed by atoms with E-state index in [0.29, 0.717) is 12.5 Å². The van der Waals surface area contributed by atoms with Gasteiger partial charge in [0.2, 0.25) is 5.96 Å². The van der Waals surface area contributed by atoms with Crippen LogP contribution in [0.15, 0.2) is 29.5 Å². The van der Waals surface area contributed by atoms with Crippen molar-refractivity contribution in [1.29, 1.82) is 0 Å². The molecule has 0 saturated heterocycles. The van der Waals surface area contributed by atoms with Crippen LogP contribution in [-0.2, 0) is 0 Å². The van der Waals surface area contributed by atoms with Crippen molar-refractivity contribution in [1.82, 2.24) is 15.7 Å². The Kier molecular flexibility index (Phi) is 4.56. The Bertz CT molecular complexity index is 309. The number of guanidine groups is 1. The van der Waals surface area contributed by atoms with Gasteiger partial charge in [-0.2, -0.15) is 0 Å². The van der Waals surface area contributed by atoms with E-state index in [9.17, 15) is 0 Å². The molecule has 1 atom stereocenters. The van der Waals surface area contributed by atoms with Gasteiger partial charge in [0.25, 0.3) is 0 Å². The van der Waals surface area contributed by atoms with Gasteiger partial charge < -0.3 is 5.32 Å². The number of aromatic nitrogens is 1. The quantitative estimate of drug-likeness (QED) is 0.293. The van der Waals surface area contributed by atoms with Crippen LogP contribution < -0.4 is 16.6 Å². The van der Waals surface area contributed by atoms with Crippen molar-refractivity contribution < 1.29 is 0 Å². The molecule has 0 bridgehead atoms. The molecule has 0 aromatic carbocycles. The van der Waals surface area contributed by atoms with Gasteiger partial charge in [0.15, 0.2) is 0 Å². The van der Waals surface area contributed by atoms with E-state index in [0.717, 1.165) is 5.56 Å². The number of pyridine rings is 1. The summed E-state index contributed by atoms with van der Waals surface area (Å²) in [6.07, 6.45) is 3.57. The Morgan fingerprint density at radius 3 is 3.00 bits per heavy atom. The fourth-order valence-electron chi connectivity index (χ4n) is 1.21. The van der Waals surface area contributed by atoms with Gasteiger partial charge in [-0.1, -0.05) is 6.07 Å². The molecule has 0 aliphatic rings. The molecular weight excluding hydrogens is 190 g/mol. The fourth-order valence-corrected chi connectivity index (χ4v) is 1.21. The van der Waals surface area contributed by atoms with Crippen LogP contribution in [0.1, 0.15) is 25.5 Å². The monoisotopic (exact) mass is 207 g/mol. The number of hydrogen-bond acceptors (Lipinski definition) is 3. The Hall–Kier alpha value is -1.62. The smallest absolute Gasteiger partial charge is 0.206 e. The number of rotatable bonds is 3. The van der Waals surface area contributed by atoms with Crippen LogP contribution in [0.25, 0.3) is 0 Å². The zero-order valence-corrected chi connectivity index (χ0v) is 9.07. The van der Waals surface area contributed by atoms with E-state index in [-0.39, 0.29) is 6.04 Å². The lowest BCUT2D eigenvalue weighted by Crippen LogP contribution is -2.42. The molecule has 5 heteroatoms. The second-order valence-electron chi connectivity index (χ2n) is 3.12. The van der Waals surface area contributed by atoms with Crippen LogP contribution in [0.2, 0.25) is 0 Å². The van der Waals surface area contributed by atoms with Crippen LogP contribution in [0, 0.1) is 0 Å². The topological polar surface area (TPSA) is 75.3 Å². The van der Waals surface area contributed by atoms with Gasteiger partial charge in [0.05, 0.1) is 6.04 Å². The standard InChI is InChI=1S/C10H17N5/c1-3-13-10(15-11)14-8(2)9-5-4-6-12-7-9/h4-8H,3,11H2,1-2H3,(H2,13,14,15). The summed E-state index contributed by atoms with van der Waals surface area (Å²) in [5.41, 5.74) is 3.62. The minimum atomic E-state index is 0.125. The summed E-state index contributed by atoms with van der Waals surface area (Å²) in [6.45, 7) is 4.67. The van der Waals surface area contributed by atoms with Crippen molar-refractivity contribution in [3.8, 4) is 0 Å². The molecule has 1 heterocycles. The highest BCUT2D eigenvalue weighted by Crippen LogP contribution is 2.08. The Labute approximate surface area is 89.8 Å². The summed E-state index contributed by atoms with van der Waals surface area (Å²) in [6, 6.07) is 4.03. The third-order valence-electron chi connectivity index (χ3n) is 1.99. The van der Waals surface area contributed by atoms with Crippen molar-refractivity contribution in [3.63, 3.8) is 0 Å². The number of hydrazine groups is 1. The van der Waals surface area contributed by atoms with Gasteiger partial charge in [-0.15, -0.1) is 0 Å². The highest BCUT2D eigenvalue weighted by molar-refractivity contribution is 5.79. The number of hydrogen-bond donors (Lipinski definition) is 3. The molecule has 82 valence electrons. The predicted octanol–water partition coefficient (Wildman–Crippen LogP) is 0.571. The summed E-state index contributed by atoms with van der Waals surface area (Å²) in [5, 5.41) is 3.16. The highest BCUT2D eigenvalue weighted by Gasteiger charge is 2.06. The number of nitrogens with zero attached hydrogens (tertiary/aromatic N) is 2. The normalized spacial score (nSPS) is 13.4. The lowest BCUT2D eigenvalue weighted by molar-refractivity contribution is 0.686. The summed E-state index contributed by atoms with van der Waals surface area (Å²) < 4.78 is 0. The Morgan fingerprint density at radius 2 is 2.47 bits per heavy atom. The first-order valence-corrected chi connectivity index (χ1v) is 4.95. The Balaban J connectivity index is 2.62. The maximum Gasteiger partial charge on any atom is 0.206 e. The summed E-state index contributed by atoms with van der Waals surface area (Å²) in [4.78, 5) is 8.21. The first-order chi connectivity index (χ1) is 7.27.